The first-order chi connectivity index (χ1) is 6.95. The summed E-state index contributed by atoms with van der Waals surface area (Å²) in [4.78, 5) is 10.4. The Morgan fingerprint density at radius 3 is 2.40 bits per heavy atom. The van der Waals surface area contributed by atoms with Gasteiger partial charge >= 0.3 is 5.97 Å². The van der Waals surface area contributed by atoms with E-state index >= 15 is 0 Å². The quantitative estimate of drug-likeness (QED) is 0.585. The Kier molecular flexibility index (Phi) is 3.75. The molecule has 0 aliphatic heterocycles. The fraction of sp³-hybridized carbons (Fsp3) is 0.417. The zero-order chi connectivity index (χ0) is 11.5. The van der Waals surface area contributed by atoms with Gasteiger partial charge in [0.05, 0.1) is 7.11 Å². The lowest BCUT2D eigenvalue weighted by Crippen LogP contribution is -2.32. The first-order valence-corrected chi connectivity index (χ1v) is 5.16. The number of alkyl halides is 1. The average molecular weight is 227 g/mol. The highest BCUT2D eigenvalue weighted by Gasteiger charge is 2.31. The van der Waals surface area contributed by atoms with Crippen LogP contribution in [0.4, 0.5) is 0 Å². The molecule has 0 saturated heterocycles. The van der Waals surface area contributed by atoms with E-state index in [1.807, 2.05) is 31.2 Å². The van der Waals surface area contributed by atoms with Gasteiger partial charge in [-0.25, -0.2) is 0 Å². The van der Waals surface area contributed by atoms with Crippen LogP contribution in [0.5, 0.6) is 0 Å². The molecule has 0 amide bonds. The molecule has 0 aliphatic rings. The van der Waals surface area contributed by atoms with Crippen LogP contribution >= 0.6 is 11.6 Å². The summed E-state index contributed by atoms with van der Waals surface area (Å²) in [5, 5.41) is 0. The van der Waals surface area contributed by atoms with E-state index in [1.54, 1.807) is 6.92 Å². The number of rotatable bonds is 3. The Hall–Kier alpha value is -1.02. The minimum Gasteiger partial charge on any atom is -0.468 e. The maximum Gasteiger partial charge on any atom is 0.326 e. The van der Waals surface area contributed by atoms with Crippen LogP contribution < -0.4 is 0 Å². The molecule has 82 valence electrons. The zero-order valence-corrected chi connectivity index (χ0v) is 9.97. The second kappa shape index (κ2) is 4.67. The largest absolute Gasteiger partial charge is 0.468 e. The van der Waals surface area contributed by atoms with E-state index in [4.69, 9.17) is 11.6 Å². The molecule has 0 aliphatic carbocycles. The molecular weight excluding hydrogens is 212 g/mol. The summed E-state index contributed by atoms with van der Waals surface area (Å²) in [5.74, 6) is -0.398. The topological polar surface area (TPSA) is 26.3 Å². The van der Waals surface area contributed by atoms with Gasteiger partial charge in [-0.2, -0.15) is 0 Å². The second-order valence-electron chi connectivity index (χ2n) is 3.85. The van der Waals surface area contributed by atoms with Crippen LogP contribution in [-0.2, 0) is 16.0 Å². The molecule has 1 unspecified atom stereocenters. The Morgan fingerprint density at radius 2 is 1.93 bits per heavy atom. The summed E-state index contributed by atoms with van der Waals surface area (Å²) in [6.07, 6.45) is 0.474. The number of hydrogen-bond acceptors (Lipinski definition) is 2. The fourth-order valence-electron chi connectivity index (χ4n) is 1.37. The molecule has 0 heterocycles. The second-order valence-corrected chi connectivity index (χ2v) is 4.69. The van der Waals surface area contributed by atoms with Gasteiger partial charge in [-0.15, -0.1) is 11.6 Å². The number of carbonyl (C=O) groups excluding carboxylic acids is 1. The Bertz CT molecular complexity index is 341. The first kappa shape index (κ1) is 12.1. The molecule has 0 N–H and O–H groups in total. The van der Waals surface area contributed by atoms with Crippen molar-refractivity contribution in [3.8, 4) is 0 Å². The van der Waals surface area contributed by atoms with Crippen molar-refractivity contribution in [3.05, 3.63) is 35.4 Å². The number of benzene rings is 1. The highest BCUT2D eigenvalue weighted by atomic mass is 35.5. The van der Waals surface area contributed by atoms with E-state index < -0.39 is 10.8 Å². The van der Waals surface area contributed by atoms with Crippen LogP contribution in [0.25, 0.3) is 0 Å². The lowest BCUT2D eigenvalue weighted by atomic mass is 10.00. The van der Waals surface area contributed by atoms with Crippen LogP contribution in [0, 0.1) is 6.92 Å². The summed E-state index contributed by atoms with van der Waals surface area (Å²) in [6, 6.07) is 7.94. The van der Waals surface area contributed by atoms with Gasteiger partial charge in [-0.05, 0) is 19.4 Å². The van der Waals surface area contributed by atoms with E-state index in [1.165, 1.54) is 12.7 Å². The number of hydrogen-bond donors (Lipinski definition) is 0. The number of halogens is 1. The van der Waals surface area contributed by atoms with Crippen molar-refractivity contribution in [2.45, 2.75) is 25.1 Å². The number of carbonyl (C=O) groups is 1. The predicted octanol–water partition coefficient (Wildman–Crippen LogP) is 2.71. The van der Waals surface area contributed by atoms with E-state index in [0.717, 1.165) is 5.56 Å². The van der Waals surface area contributed by atoms with Crippen molar-refractivity contribution in [3.63, 3.8) is 0 Å². The van der Waals surface area contributed by atoms with Gasteiger partial charge in [0, 0.05) is 6.42 Å². The van der Waals surface area contributed by atoms with Gasteiger partial charge in [0.2, 0.25) is 0 Å². The van der Waals surface area contributed by atoms with Crippen LogP contribution in [-0.4, -0.2) is 18.0 Å². The summed E-state index contributed by atoms with van der Waals surface area (Å²) in [6.45, 7) is 3.68. The number of methoxy groups -OCH3 is 1. The third kappa shape index (κ3) is 3.24. The molecule has 15 heavy (non-hydrogen) atoms. The third-order valence-electron chi connectivity index (χ3n) is 2.27. The van der Waals surface area contributed by atoms with Crippen LogP contribution in [0.15, 0.2) is 24.3 Å². The molecule has 0 bridgehead atoms. The molecule has 0 spiro atoms. The van der Waals surface area contributed by atoms with Crippen LogP contribution in [0.2, 0.25) is 0 Å². The van der Waals surface area contributed by atoms with E-state index in [-0.39, 0.29) is 0 Å². The number of esters is 1. The molecule has 0 aromatic heterocycles. The van der Waals surface area contributed by atoms with Gasteiger partial charge in [0.1, 0.15) is 4.87 Å². The molecular formula is C12H15ClO2. The van der Waals surface area contributed by atoms with Crippen molar-refractivity contribution < 1.29 is 9.53 Å². The van der Waals surface area contributed by atoms with E-state index in [0.29, 0.717) is 6.42 Å². The van der Waals surface area contributed by atoms with Crippen molar-refractivity contribution in [2.75, 3.05) is 7.11 Å². The first-order valence-electron chi connectivity index (χ1n) is 4.78. The molecule has 2 nitrogen and oxygen atoms in total. The zero-order valence-electron chi connectivity index (χ0n) is 9.21. The van der Waals surface area contributed by atoms with Crippen molar-refractivity contribution >= 4 is 17.6 Å². The SMILES string of the molecule is COC(=O)C(C)(Cl)Cc1ccc(C)cc1. The number of aryl methyl sites for hydroxylation is 1. The minimum absolute atomic E-state index is 0.398. The molecule has 1 aromatic carbocycles. The average Bonchev–Trinajstić information content (AvgIpc) is 2.20. The third-order valence-corrected chi connectivity index (χ3v) is 2.56. The standard InChI is InChI=1S/C12H15ClO2/c1-9-4-6-10(7-5-9)8-12(2,13)11(14)15-3/h4-7H,8H2,1-3H3. The molecule has 0 saturated carbocycles. The maximum absolute atomic E-state index is 11.4. The highest BCUT2D eigenvalue weighted by molar-refractivity contribution is 6.33. The summed E-state index contributed by atoms with van der Waals surface area (Å²) in [5.41, 5.74) is 2.22. The Balaban J connectivity index is 2.77. The maximum atomic E-state index is 11.4. The number of ether oxygens (including phenoxy) is 1. The highest BCUT2D eigenvalue weighted by Crippen LogP contribution is 2.22. The summed E-state index contributed by atoms with van der Waals surface area (Å²) in [7, 11) is 1.35. The predicted molar refractivity (Wildman–Crippen MR) is 61.2 cm³/mol. The lowest BCUT2D eigenvalue weighted by molar-refractivity contribution is -0.143. The van der Waals surface area contributed by atoms with E-state index in [9.17, 15) is 4.79 Å². The molecule has 1 atom stereocenters. The molecule has 1 rings (SSSR count). The lowest BCUT2D eigenvalue weighted by Gasteiger charge is -2.18. The summed E-state index contributed by atoms with van der Waals surface area (Å²) >= 11 is 6.09. The molecule has 0 fully saturated rings. The minimum atomic E-state index is -0.982. The van der Waals surface area contributed by atoms with Crippen molar-refractivity contribution in [1.29, 1.82) is 0 Å². The fourth-order valence-corrected chi connectivity index (χ4v) is 1.61. The smallest absolute Gasteiger partial charge is 0.326 e. The normalized spacial score (nSPS) is 14.4. The van der Waals surface area contributed by atoms with Gasteiger partial charge in [-0.3, -0.25) is 4.79 Å². The van der Waals surface area contributed by atoms with Crippen LogP contribution in [0.3, 0.4) is 0 Å². The van der Waals surface area contributed by atoms with Crippen molar-refractivity contribution in [2.24, 2.45) is 0 Å². The molecule has 3 heteroatoms. The van der Waals surface area contributed by atoms with Gasteiger partial charge in [0.25, 0.3) is 0 Å². The van der Waals surface area contributed by atoms with Gasteiger partial charge in [0.15, 0.2) is 0 Å². The monoisotopic (exact) mass is 226 g/mol. The molecule has 0 radical (unpaired) electrons. The van der Waals surface area contributed by atoms with Crippen LogP contribution in [0.1, 0.15) is 18.1 Å². The van der Waals surface area contributed by atoms with E-state index in [2.05, 4.69) is 4.74 Å². The van der Waals surface area contributed by atoms with Crippen molar-refractivity contribution in [1.82, 2.24) is 0 Å². The molecule has 1 aromatic rings. The Morgan fingerprint density at radius 1 is 1.40 bits per heavy atom. The Labute approximate surface area is 95.2 Å². The van der Waals surface area contributed by atoms with Gasteiger partial charge < -0.3 is 4.74 Å². The summed E-state index contributed by atoms with van der Waals surface area (Å²) < 4.78 is 4.64. The van der Waals surface area contributed by atoms with Gasteiger partial charge in [-0.1, -0.05) is 29.8 Å².